The van der Waals surface area contributed by atoms with Crippen LogP contribution in [0.3, 0.4) is 0 Å². The Kier molecular flexibility index (Phi) is 3.70. The minimum absolute atomic E-state index is 0.148. The van der Waals surface area contributed by atoms with Gasteiger partial charge in [-0.25, -0.2) is 0 Å². The minimum Gasteiger partial charge on any atom is -0.492 e. The third kappa shape index (κ3) is 2.48. The smallest absolute Gasteiger partial charge is 0.161 e. The summed E-state index contributed by atoms with van der Waals surface area (Å²) < 4.78 is 5.24. The predicted octanol–water partition coefficient (Wildman–Crippen LogP) is 2.81. The maximum absolute atomic E-state index is 11.2. The summed E-state index contributed by atoms with van der Waals surface area (Å²) >= 11 is 5.85. The first-order valence-electron chi connectivity index (χ1n) is 4.47. The molecule has 0 fully saturated rings. The molecule has 0 N–H and O–H groups in total. The second kappa shape index (κ2) is 4.81. The van der Waals surface area contributed by atoms with Crippen LogP contribution < -0.4 is 4.74 Å². The molecule has 0 radical (unpaired) electrons. The molecule has 0 unspecified atom stereocenters. The number of carbonyl (C=O) groups excluding carboxylic acids is 1. The SMILES string of the molecule is CCOc1cc(C(C)=O)c(Cl)cc1C#N. The van der Waals surface area contributed by atoms with Crippen LogP contribution in [0.5, 0.6) is 5.75 Å². The van der Waals surface area contributed by atoms with E-state index >= 15 is 0 Å². The quantitative estimate of drug-likeness (QED) is 0.741. The van der Waals surface area contributed by atoms with E-state index in [2.05, 4.69) is 0 Å². The van der Waals surface area contributed by atoms with Gasteiger partial charge < -0.3 is 4.74 Å². The van der Waals surface area contributed by atoms with Gasteiger partial charge in [-0.15, -0.1) is 0 Å². The Morgan fingerprint density at radius 1 is 1.60 bits per heavy atom. The average Bonchev–Trinajstić information content (AvgIpc) is 2.20. The lowest BCUT2D eigenvalue weighted by Crippen LogP contribution is -1.99. The number of ether oxygens (including phenoxy) is 1. The lowest BCUT2D eigenvalue weighted by Gasteiger charge is -2.08. The van der Waals surface area contributed by atoms with Gasteiger partial charge in [0.25, 0.3) is 0 Å². The fraction of sp³-hybridized carbons (Fsp3) is 0.273. The van der Waals surface area contributed by atoms with Gasteiger partial charge in [0.1, 0.15) is 11.8 Å². The molecule has 0 saturated carbocycles. The van der Waals surface area contributed by atoms with Crippen LogP contribution in [0.2, 0.25) is 5.02 Å². The van der Waals surface area contributed by atoms with Gasteiger partial charge in [0.15, 0.2) is 5.78 Å². The molecule has 0 bridgehead atoms. The van der Waals surface area contributed by atoms with Crippen LogP contribution in [0.15, 0.2) is 12.1 Å². The first kappa shape index (κ1) is 11.5. The van der Waals surface area contributed by atoms with Gasteiger partial charge in [0.05, 0.1) is 17.2 Å². The third-order valence-corrected chi connectivity index (χ3v) is 2.18. The molecular weight excluding hydrogens is 214 g/mol. The Morgan fingerprint density at radius 2 is 2.27 bits per heavy atom. The zero-order chi connectivity index (χ0) is 11.4. The number of nitriles is 1. The van der Waals surface area contributed by atoms with Gasteiger partial charge in [0, 0.05) is 5.56 Å². The van der Waals surface area contributed by atoms with Crippen molar-refractivity contribution < 1.29 is 9.53 Å². The molecule has 3 nitrogen and oxygen atoms in total. The summed E-state index contributed by atoms with van der Waals surface area (Å²) in [5.74, 6) is 0.250. The molecule has 0 aliphatic heterocycles. The van der Waals surface area contributed by atoms with E-state index in [0.717, 1.165) is 0 Å². The van der Waals surface area contributed by atoms with Crippen molar-refractivity contribution in [3.05, 3.63) is 28.3 Å². The highest BCUT2D eigenvalue weighted by atomic mass is 35.5. The minimum atomic E-state index is -0.148. The molecule has 1 rings (SSSR count). The van der Waals surface area contributed by atoms with E-state index < -0.39 is 0 Å². The molecule has 0 saturated heterocycles. The predicted molar refractivity (Wildman–Crippen MR) is 57.3 cm³/mol. The van der Waals surface area contributed by atoms with Gasteiger partial charge in [-0.1, -0.05) is 11.6 Å². The van der Waals surface area contributed by atoms with E-state index in [-0.39, 0.29) is 10.8 Å². The van der Waals surface area contributed by atoms with Crippen LogP contribution in [0, 0.1) is 11.3 Å². The van der Waals surface area contributed by atoms with E-state index in [9.17, 15) is 4.79 Å². The van der Waals surface area contributed by atoms with E-state index in [4.69, 9.17) is 21.6 Å². The zero-order valence-electron chi connectivity index (χ0n) is 8.50. The van der Waals surface area contributed by atoms with Crippen LogP contribution >= 0.6 is 11.6 Å². The monoisotopic (exact) mass is 223 g/mol. The summed E-state index contributed by atoms with van der Waals surface area (Å²) in [4.78, 5) is 11.2. The molecule has 1 aromatic carbocycles. The molecule has 0 amide bonds. The number of halogens is 1. The Balaban J connectivity index is 3.31. The van der Waals surface area contributed by atoms with Gasteiger partial charge in [0.2, 0.25) is 0 Å². The lowest BCUT2D eigenvalue weighted by atomic mass is 10.1. The highest BCUT2D eigenvalue weighted by molar-refractivity contribution is 6.34. The summed E-state index contributed by atoms with van der Waals surface area (Å²) in [6, 6.07) is 4.92. The van der Waals surface area contributed by atoms with Crippen LogP contribution in [-0.2, 0) is 0 Å². The number of hydrogen-bond acceptors (Lipinski definition) is 3. The van der Waals surface area contributed by atoms with Crippen molar-refractivity contribution in [3.8, 4) is 11.8 Å². The van der Waals surface area contributed by atoms with Gasteiger partial charge in [-0.2, -0.15) is 5.26 Å². The first-order valence-corrected chi connectivity index (χ1v) is 4.85. The number of hydrogen-bond donors (Lipinski definition) is 0. The average molecular weight is 224 g/mol. The number of ketones is 1. The number of rotatable bonds is 3. The van der Waals surface area contributed by atoms with Crippen molar-refractivity contribution in [3.63, 3.8) is 0 Å². The molecular formula is C11H10ClNO2. The molecule has 0 atom stereocenters. The summed E-state index contributed by atoms with van der Waals surface area (Å²) in [6.07, 6.45) is 0. The molecule has 1 aromatic rings. The third-order valence-electron chi connectivity index (χ3n) is 1.87. The van der Waals surface area contributed by atoms with Crippen LogP contribution in [0.25, 0.3) is 0 Å². The summed E-state index contributed by atoms with van der Waals surface area (Å²) in [6.45, 7) is 3.67. The fourth-order valence-electron chi connectivity index (χ4n) is 1.19. The number of carbonyl (C=O) groups is 1. The molecule has 78 valence electrons. The number of benzene rings is 1. The van der Waals surface area contributed by atoms with Crippen molar-refractivity contribution in [1.29, 1.82) is 5.26 Å². The topological polar surface area (TPSA) is 50.1 Å². The molecule has 0 aliphatic carbocycles. The Morgan fingerprint density at radius 3 is 2.73 bits per heavy atom. The summed E-state index contributed by atoms with van der Waals surface area (Å²) in [5, 5.41) is 9.11. The van der Waals surface area contributed by atoms with E-state index in [1.807, 2.05) is 13.0 Å². The fourth-order valence-corrected chi connectivity index (χ4v) is 1.48. The van der Waals surface area contributed by atoms with Crippen molar-refractivity contribution in [2.45, 2.75) is 13.8 Å². The highest BCUT2D eigenvalue weighted by Crippen LogP contribution is 2.27. The summed E-state index contributed by atoms with van der Waals surface area (Å²) in [7, 11) is 0. The van der Waals surface area contributed by atoms with Crippen molar-refractivity contribution in [1.82, 2.24) is 0 Å². The number of nitrogens with zero attached hydrogens (tertiary/aromatic N) is 1. The molecule has 0 spiro atoms. The van der Waals surface area contributed by atoms with Crippen molar-refractivity contribution >= 4 is 17.4 Å². The standard InChI is InChI=1S/C11H10ClNO2/c1-3-15-11-5-9(7(2)14)10(12)4-8(11)6-13/h4-5H,3H2,1-2H3. The zero-order valence-corrected chi connectivity index (χ0v) is 9.26. The van der Waals surface area contributed by atoms with Gasteiger partial charge in [-0.3, -0.25) is 4.79 Å². The largest absolute Gasteiger partial charge is 0.492 e. The first-order chi connectivity index (χ1) is 7.10. The molecule has 15 heavy (non-hydrogen) atoms. The Hall–Kier alpha value is -1.53. The van der Waals surface area contributed by atoms with E-state index in [0.29, 0.717) is 23.5 Å². The maximum atomic E-state index is 11.2. The second-order valence-corrected chi connectivity index (χ2v) is 3.34. The molecule has 0 aromatic heterocycles. The lowest BCUT2D eigenvalue weighted by molar-refractivity contribution is 0.101. The van der Waals surface area contributed by atoms with Crippen LogP contribution in [0.4, 0.5) is 0 Å². The highest BCUT2D eigenvalue weighted by Gasteiger charge is 2.12. The number of Topliss-reactive ketones (excluding diaryl/α,β-unsaturated/α-hetero) is 1. The maximum Gasteiger partial charge on any atom is 0.161 e. The normalized spacial score (nSPS) is 9.47. The van der Waals surface area contributed by atoms with Crippen LogP contribution in [0.1, 0.15) is 29.8 Å². The van der Waals surface area contributed by atoms with E-state index in [1.165, 1.54) is 19.1 Å². The van der Waals surface area contributed by atoms with E-state index in [1.54, 1.807) is 0 Å². The second-order valence-electron chi connectivity index (χ2n) is 2.93. The molecule has 0 aliphatic rings. The molecule has 4 heteroatoms. The summed E-state index contributed by atoms with van der Waals surface area (Å²) in [5.41, 5.74) is 0.714. The van der Waals surface area contributed by atoms with Crippen LogP contribution in [-0.4, -0.2) is 12.4 Å². The molecule has 0 heterocycles. The van der Waals surface area contributed by atoms with Crippen molar-refractivity contribution in [2.24, 2.45) is 0 Å². The van der Waals surface area contributed by atoms with Gasteiger partial charge in [-0.05, 0) is 26.0 Å². The Bertz CT molecular complexity index is 435. The Labute approximate surface area is 93.2 Å². The van der Waals surface area contributed by atoms with Gasteiger partial charge >= 0.3 is 0 Å². The van der Waals surface area contributed by atoms with Crippen molar-refractivity contribution in [2.75, 3.05) is 6.61 Å².